The molecule has 2 aromatic rings. The molecule has 2 aromatic heterocycles. The third kappa shape index (κ3) is 2.37. The van der Waals surface area contributed by atoms with Crippen molar-refractivity contribution in [3.8, 4) is 11.8 Å². The number of aromatic nitrogens is 4. The first-order chi connectivity index (χ1) is 8.11. The number of anilines is 1. The zero-order chi connectivity index (χ0) is 12.4. The molecule has 0 saturated heterocycles. The van der Waals surface area contributed by atoms with Gasteiger partial charge in [0.25, 0.3) is 0 Å². The molecular weight excluding hydrogens is 288 g/mol. The first kappa shape index (κ1) is 11.8. The van der Waals surface area contributed by atoms with Gasteiger partial charge in [0.15, 0.2) is 5.82 Å². The Bertz CT molecular complexity index is 540. The van der Waals surface area contributed by atoms with E-state index in [9.17, 15) is 0 Å². The monoisotopic (exact) mass is 298 g/mol. The minimum absolute atomic E-state index is 0.371. The fourth-order valence-corrected chi connectivity index (χ4v) is 1.71. The van der Waals surface area contributed by atoms with Crippen LogP contribution < -0.4 is 16.0 Å². The fraction of sp³-hybridized carbons (Fsp3) is 0.222. The SMILES string of the molecule is Cc1cc(Oc2ncnc(NN)c2Br)n(C)n1. The van der Waals surface area contributed by atoms with E-state index in [4.69, 9.17) is 10.6 Å². The molecule has 0 aliphatic carbocycles. The quantitative estimate of drug-likeness (QED) is 0.657. The summed E-state index contributed by atoms with van der Waals surface area (Å²) in [5.74, 6) is 6.72. The molecule has 0 unspecified atom stereocenters. The van der Waals surface area contributed by atoms with Crippen molar-refractivity contribution in [3.05, 3.63) is 22.6 Å². The smallest absolute Gasteiger partial charge is 0.240 e. The molecule has 2 heterocycles. The van der Waals surface area contributed by atoms with Gasteiger partial charge in [-0.2, -0.15) is 5.10 Å². The zero-order valence-corrected chi connectivity index (χ0v) is 10.9. The molecule has 0 aromatic carbocycles. The molecule has 0 aliphatic rings. The molecular formula is C9H11BrN6O. The number of nitrogen functional groups attached to an aromatic ring is 1. The van der Waals surface area contributed by atoms with E-state index in [0.717, 1.165) is 5.69 Å². The van der Waals surface area contributed by atoms with Crippen molar-refractivity contribution in [2.24, 2.45) is 12.9 Å². The average molecular weight is 299 g/mol. The van der Waals surface area contributed by atoms with Crippen LogP contribution in [0.4, 0.5) is 5.82 Å². The third-order valence-electron chi connectivity index (χ3n) is 2.05. The van der Waals surface area contributed by atoms with Gasteiger partial charge in [-0.3, -0.25) is 0 Å². The second kappa shape index (κ2) is 4.68. The molecule has 3 N–H and O–H groups in total. The fourth-order valence-electron chi connectivity index (χ4n) is 1.31. The minimum atomic E-state index is 0.371. The number of nitrogens with zero attached hydrogens (tertiary/aromatic N) is 4. The second-order valence-corrected chi connectivity index (χ2v) is 4.13. The highest BCUT2D eigenvalue weighted by Crippen LogP contribution is 2.31. The van der Waals surface area contributed by atoms with Crippen LogP contribution in [0.1, 0.15) is 5.69 Å². The lowest BCUT2D eigenvalue weighted by Crippen LogP contribution is -2.10. The Labute approximate surface area is 106 Å². The number of nitrogens with one attached hydrogen (secondary N) is 1. The molecule has 7 nitrogen and oxygen atoms in total. The van der Waals surface area contributed by atoms with Crippen LogP contribution in [0.2, 0.25) is 0 Å². The molecule has 8 heteroatoms. The lowest BCUT2D eigenvalue weighted by atomic mass is 10.5. The van der Waals surface area contributed by atoms with Crippen LogP contribution in [0.5, 0.6) is 11.8 Å². The Kier molecular flexibility index (Phi) is 3.25. The largest absolute Gasteiger partial charge is 0.420 e. The third-order valence-corrected chi connectivity index (χ3v) is 2.77. The van der Waals surface area contributed by atoms with Crippen LogP contribution in [-0.4, -0.2) is 19.7 Å². The maximum atomic E-state index is 5.61. The van der Waals surface area contributed by atoms with E-state index >= 15 is 0 Å². The first-order valence-electron chi connectivity index (χ1n) is 4.77. The van der Waals surface area contributed by atoms with Crippen molar-refractivity contribution >= 4 is 21.7 Å². The van der Waals surface area contributed by atoms with Crippen LogP contribution >= 0.6 is 15.9 Å². The van der Waals surface area contributed by atoms with Crippen molar-refractivity contribution in [1.82, 2.24) is 19.7 Å². The van der Waals surface area contributed by atoms with E-state index < -0.39 is 0 Å². The highest BCUT2D eigenvalue weighted by atomic mass is 79.9. The summed E-state index contributed by atoms with van der Waals surface area (Å²) in [5.41, 5.74) is 3.31. The molecule has 0 saturated carbocycles. The molecule has 0 spiro atoms. The Hall–Kier alpha value is -1.67. The van der Waals surface area contributed by atoms with E-state index in [0.29, 0.717) is 22.1 Å². The van der Waals surface area contributed by atoms with Gasteiger partial charge in [0.05, 0.1) is 5.69 Å². The number of ether oxygens (including phenoxy) is 1. The number of nitrogens with two attached hydrogens (primary N) is 1. The zero-order valence-electron chi connectivity index (χ0n) is 9.31. The number of hydrogen-bond donors (Lipinski definition) is 2. The van der Waals surface area contributed by atoms with Crippen molar-refractivity contribution in [2.75, 3.05) is 5.43 Å². The normalized spacial score (nSPS) is 10.4. The Balaban J connectivity index is 2.33. The van der Waals surface area contributed by atoms with Crippen molar-refractivity contribution < 1.29 is 4.74 Å². The van der Waals surface area contributed by atoms with Gasteiger partial charge in [-0.25, -0.2) is 20.5 Å². The minimum Gasteiger partial charge on any atom is -0.420 e. The Morgan fingerprint density at radius 2 is 2.24 bits per heavy atom. The van der Waals surface area contributed by atoms with Crippen LogP contribution in [0, 0.1) is 6.92 Å². The summed E-state index contributed by atoms with van der Waals surface area (Å²) in [7, 11) is 1.79. The molecule has 17 heavy (non-hydrogen) atoms. The van der Waals surface area contributed by atoms with Gasteiger partial charge in [0, 0.05) is 13.1 Å². The topological polar surface area (TPSA) is 90.9 Å². The predicted molar refractivity (Wildman–Crippen MR) is 65.6 cm³/mol. The van der Waals surface area contributed by atoms with Gasteiger partial charge in [-0.05, 0) is 22.9 Å². The molecule has 0 atom stereocenters. The summed E-state index contributed by atoms with van der Waals surface area (Å²) < 4.78 is 7.79. The van der Waals surface area contributed by atoms with E-state index in [-0.39, 0.29) is 0 Å². The number of aryl methyl sites for hydroxylation is 2. The molecule has 2 rings (SSSR count). The maximum absolute atomic E-state index is 5.61. The van der Waals surface area contributed by atoms with Crippen molar-refractivity contribution in [3.63, 3.8) is 0 Å². The van der Waals surface area contributed by atoms with E-state index in [1.807, 2.05) is 13.0 Å². The molecule has 0 radical (unpaired) electrons. The number of rotatable bonds is 3. The summed E-state index contributed by atoms with van der Waals surface area (Å²) in [6, 6.07) is 1.81. The average Bonchev–Trinajstić information content (AvgIpc) is 2.60. The van der Waals surface area contributed by atoms with Gasteiger partial charge >= 0.3 is 0 Å². The van der Waals surface area contributed by atoms with Gasteiger partial charge in [0.2, 0.25) is 11.8 Å². The number of halogens is 1. The van der Waals surface area contributed by atoms with E-state index in [2.05, 4.69) is 36.4 Å². The number of hydrogen-bond acceptors (Lipinski definition) is 6. The lowest BCUT2D eigenvalue weighted by molar-refractivity contribution is 0.412. The van der Waals surface area contributed by atoms with Crippen molar-refractivity contribution in [1.29, 1.82) is 0 Å². The molecule has 90 valence electrons. The summed E-state index contributed by atoms with van der Waals surface area (Å²) in [6.45, 7) is 1.88. The summed E-state index contributed by atoms with van der Waals surface area (Å²) in [5, 5.41) is 4.17. The Morgan fingerprint density at radius 1 is 1.47 bits per heavy atom. The van der Waals surface area contributed by atoms with Gasteiger partial charge in [-0.1, -0.05) is 0 Å². The molecule has 0 fully saturated rings. The second-order valence-electron chi connectivity index (χ2n) is 3.34. The van der Waals surface area contributed by atoms with E-state index in [1.165, 1.54) is 6.33 Å². The highest BCUT2D eigenvalue weighted by molar-refractivity contribution is 9.10. The summed E-state index contributed by atoms with van der Waals surface area (Å²) in [4.78, 5) is 7.95. The number of hydrazine groups is 1. The maximum Gasteiger partial charge on any atom is 0.240 e. The Morgan fingerprint density at radius 3 is 2.82 bits per heavy atom. The van der Waals surface area contributed by atoms with Crippen LogP contribution in [0.15, 0.2) is 16.9 Å². The summed E-state index contributed by atoms with van der Waals surface area (Å²) >= 11 is 3.31. The van der Waals surface area contributed by atoms with Gasteiger partial charge in [0.1, 0.15) is 10.8 Å². The molecule has 0 aliphatic heterocycles. The standard InChI is InChI=1S/C9H11BrN6O/c1-5-3-6(16(2)15-5)17-9-7(10)8(14-11)12-4-13-9/h3-4H,11H2,1-2H3,(H,12,13,14). The van der Waals surface area contributed by atoms with Gasteiger partial charge < -0.3 is 10.2 Å². The van der Waals surface area contributed by atoms with Crippen molar-refractivity contribution in [2.45, 2.75) is 6.92 Å². The lowest BCUT2D eigenvalue weighted by Gasteiger charge is -2.08. The predicted octanol–water partition coefficient (Wildman–Crippen LogP) is 1.36. The van der Waals surface area contributed by atoms with Crippen LogP contribution in [-0.2, 0) is 7.05 Å². The van der Waals surface area contributed by atoms with E-state index in [1.54, 1.807) is 11.7 Å². The highest BCUT2D eigenvalue weighted by Gasteiger charge is 2.12. The first-order valence-corrected chi connectivity index (χ1v) is 5.56. The summed E-state index contributed by atoms with van der Waals surface area (Å²) in [6.07, 6.45) is 1.36. The molecule has 0 bridgehead atoms. The van der Waals surface area contributed by atoms with Crippen LogP contribution in [0.3, 0.4) is 0 Å². The molecule has 0 amide bonds. The van der Waals surface area contributed by atoms with Crippen LogP contribution in [0.25, 0.3) is 0 Å². The van der Waals surface area contributed by atoms with Gasteiger partial charge in [-0.15, -0.1) is 0 Å².